The lowest BCUT2D eigenvalue weighted by molar-refractivity contribution is -0.133. The van der Waals surface area contributed by atoms with Crippen molar-refractivity contribution < 1.29 is 9.18 Å². The second kappa shape index (κ2) is 8.10. The number of rotatable bonds is 5. The number of nitrogens with one attached hydrogen (secondary N) is 2. The molecule has 0 bridgehead atoms. The molecule has 27 heavy (non-hydrogen) atoms. The van der Waals surface area contributed by atoms with Gasteiger partial charge >= 0.3 is 0 Å². The standard InChI is InChI=1S/C18H24FN7O/c19-15-3-1-2-14(10-15)16-11-20-22-18(16)13-4-7-25(8-5-13)17(27)6-9-26-12-21-23-24-26/h1-3,10,12-13,16,18,20,22H,4-9,11H2. The summed E-state index contributed by atoms with van der Waals surface area (Å²) >= 11 is 0. The van der Waals surface area contributed by atoms with Gasteiger partial charge < -0.3 is 4.90 Å². The van der Waals surface area contributed by atoms with Crippen molar-refractivity contribution in [2.24, 2.45) is 5.92 Å². The van der Waals surface area contributed by atoms with E-state index in [1.165, 1.54) is 12.4 Å². The van der Waals surface area contributed by atoms with Crippen LogP contribution in [-0.2, 0) is 11.3 Å². The Balaban J connectivity index is 1.31. The predicted octanol–water partition coefficient (Wildman–Crippen LogP) is 0.701. The number of amides is 1. The molecule has 2 aromatic rings. The minimum absolute atomic E-state index is 0.142. The van der Waals surface area contributed by atoms with Gasteiger partial charge in [0, 0.05) is 38.0 Å². The van der Waals surface area contributed by atoms with Crippen LogP contribution in [0.15, 0.2) is 30.6 Å². The maximum Gasteiger partial charge on any atom is 0.224 e. The van der Waals surface area contributed by atoms with Gasteiger partial charge in [0.2, 0.25) is 5.91 Å². The Morgan fingerprint density at radius 2 is 2.15 bits per heavy atom. The van der Waals surface area contributed by atoms with Gasteiger partial charge in [0.05, 0.1) is 6.54 Å². The molecule has 0 saturated carbocycles. The van der Waals surface area contributed by atoms with Crippen LogP contribution in [0.3, 0.4) is 0 Å². The number of hydrogen-bond donors (Lipinski definition) is 2. The third-order valence-electron chi connectivity index (χ3n) is 5.65. The van der Waals surface area contributed by atoms with E-state index in [9.17, 15) is 9.18 Å². The predicted molar refractivity (Wildman–Crippen MR) is 95.8 cm³/mol. The number of hydrazine groups is 1. The summed E-state index contributed by atoms with van der Waals surface area (Å²) in [4.78, 5) is 14.3. The first-order valence-electron chi connectivity index (χ1n) is 9.43. The molecule has 0 spiro atoms. The molecule has 0 aliphatic carbocycles. The quantitative estimate of drug-likeness (QED) is 0.802. The van der Waals surface area contributed by atoms with Crippen LogP contribution in [0.25, 0.3) is 0 Å². The monoisotopic (exact) mass is 373 g/mol. The molecule has 3 heterocycles. The average Bonchev–Trinajstić information content (AvgIpc) is 3.38. The fourth-order valence-corrected chi connectivity index (χ4v) is 4.18. The maximum atomic E-state index is 13.6. The van der Waals surface area contributed by atoms with Crippen molar-refractivity contribution in [3.63, 3.8) is 0 Å². The Hall–Kier alpha value is -2.39. The third kappa shape index (κ3) is 4.14. The van der Waals surface area contributed by atoms with Crippen LogP contribution in [0.5, 0.6) is 0 Å². The van der Waals surface area contributed by atoms with E-state index in [-0.39, 0.29) is 23.7 Å². The number of aromatic nitrogens is 4. The van der Waals surface area contributed by atoms with E-state index in [4.69, 9.17) is 0 Å². The van der Waals surface area contributed by atoms with Crippen LogP contribution in [0.1, 0.15) is 30.7 Å². The van der Waals surface area contributed by atoms with E-state index in [2.05, 4.69) is 26.4 Å². The van der Waals surface area contributed by atoms with Gasteiger partial charge in [0.1, 0.15) is 12.1 Å². The molecule has 2 unspecified atom stereocenters. The molecule has 1 amide bonds. The first-order valence-corrected chi connectivity index (χ1v) is 9.43. The summed E-state index contributed by atoms with van der Waals surface area (Å²) in [6, 6.07) is 7.13. The van der Waals surface area contributed by atoms with Gasteiger partial charge in [-0.25, -0.2) is 9.07 Å². The zero-order chi connectivity index (χ0) is 18.6. The molecule has 2 N–H and O–H groups in total. The van der Waals surface area contributed by atoms with Gasteiger partial charge in [-0.05, 0) is 46.9 Å². The fraction of sp³-hybridized carbons (Fsp3) is 0.556. The van der Waals surface area contributed by atoms with E-state index in [0.29, 0.717) is 18.9 Å². The van der Waals surface area contributed by atoms with Crippen molar-refractivity contribution >= 4 is 5.91 Å². The van der Waals surface area contributed by atoms with E-state index >= 15 is 0 Å². The molecular weight excluding hydrogens is 349 g/mol. The highest BCUT2D eigenvalue weighted by molar-refractivity contribution is 5.76. The summed E-state index contributed by atoms with van der Waals surface area (Å²) in [5, 5.41) is 10.9. The van der Waals surface area contributed by atoms with E-state index in [1.54, 1.807) is 16.8 Å². The molecule has 2 atom stereocenters. The van der Waals surface area contributed by atoms with Gasteiger partial charge in [-0.3, -0.25) is 15.6 Å². The maximum absolute atomic E-state index is 13.6. The number of nitrogens with zero attached hydrogens (tertiary/aromatic N) is 5. The summed E-state index contributed by atoms with van der Waals surface area (Å²) in [5.41, 5.74) is 7.64. The van der Waals surface area contributed by atoms with Crippen molar-refractivity contribution in [1.29, 1.82) is 0 Å². The minimum Gasteiger partial charge on any atom is -0.343 e. The van der Waals surface area contributed by atoms with Crippen LogP contribution in [0, 0.1) is 11.7 Å². The first-order chi connectivity index (χ1) is 13.2. The number of halogens is 1. The molecule has 4 rings (SSSR count). The van der Waals surface area contributed by atoms with Gasteiger partial charge in [0.15, 0.2) is 0 Å². The van der Waals surface area contributed by atoms with Crippen LogP contribution in [0.4, 0.5) is 4.39 Å². The van der Waals surface area contributed by atoms with Crippen LogP contribution >= 0.6 is 0 Å². The smallest absolute Gasteiger partial charge is 0.224 e. The zero-order valence-electron chi connectivity index (χ0n) is 15.1. The van der Waals surface area contributed by atoms with Gasteiger partial charge in [-0.1, -0.05) is 12.1 Å². The van der Waals surface area contributed by atoms with Crippen molar-refractivity contribution in [2.45, 2.75) is 37.8 Å². The van der Waals surface area contributed by atoms with E-state index in [0.717, 1.165) is 38.0 Å². The molecule has 0 radical (unpaired) electrons. The number of piperidine rings is 1. The summed E-state index contributed by atoms with van der Waals surface area (Å²) in [6.45, 7) is 2.81. The zero-order valence-corrected chi connectivity index (χ0v) is 15.1. The number of aryl methyl sites for hydroxylation is 1. The Morgan fingerprint density at radius 1 is 1.30 bits per heavy atom. The lowest BCUT2D eigenvalue weighted by Crippen LogP contribution is -2.46. The van der Waals surface area contributed by atoms with E-state index < -0.39 is 0 Å². The summed E-state index contributed by atoms with van der Waals surface area (Å²) < 4.78 is 15.2. The Bertz CT molecular complexity index is 761. The Morgan fingerprint density at radius 3 is 2.89 bits per heavy atom. The van der Waals surface area contributed by atoms with E-state index in [1.807, 2.05) is 11.0 Å². The van der Waals surface area contributed by atoms with Crippen LogP contribution < -0.4 is 10.9 Å². The minimum atomic E-state index is -0.193. The second-order valence-electron chi connectivity index (χ2n) is 7.25. The average molecular weight is 373 g/mol. The summed E-state index contributed by atoms with van der Waals surface area (Å²) in [6.07, 6.45) is 3.82. The highest BCUT2D eigenvalue weighted by Gasteiger charge is 2.36. The van der Waals surface area contributed by atoms with Crippen LogP contribution in [-0.4, -0.2) is 56.7 Å². The Labute approximate surface area is 157 Å². The number of likely N-dealkylation sites (tertiary alicyclic amines) is 1. The topological polar surface area (TPSA) is 88.0 Å². The van der Waals surface area contributed by atoms with Gasteiger partial charge in [-0.15, -0.1) is 5.10 Å². The summed E-state index contributed by atoms with van der Waals surface area (Å²) in [5.74, 6) is 0.647. The molecule has 9 heteroatoms. The molecule has 1 aromatic carbocycles. The summed E-state index contributed by atoms with van der Waals surface area (Å²) in [7, 11) is 0. The fourth-order valence-electron chi connectivity index (χ4n) is 4.18. The molecule has 144 valence electrons. The van der Waals surface area contributed by atoms with Crippen molar-refractivity contribution in [2.75, 3.05) is 19.6 Å². The molecule has 2 aliphatic rings. The van der Waals surface area contributed by atoms with Crippen LogP contribution in [0.2, 0.25) is 0 Å². The highest BCUT2D eigenvalue weighted by Crippen LogP contribution is 2.32. The number of carbonyl (C=O) groups excluding carboxylic acids is 1. The van der Waals surface area contributed by atoms with Crippen molar-refractivity contribution in [1.82, 2.24) is 36.0 Å². The SMILES string of the molecule is O=C(CCn1cnnn1)N1CCC(C2NNCC2c2cccc(F)c2)CC1. The largest absolute Gasteiger partial charge is 0.343 e. The molecule has 2 fully saturated rings. The first kappa shape index (κ1) is 18.0. The molecule has 8 nitrogen and oxygen atoms in total. The molecular formula is C18H24FN7O. The number of hydrogen-bond acceptors (Lipinski definition) is 6. The molecule has 1 aromatic heterocycles. The lowest BCUT2D eigenvalue weighted by Gasteiger charge is -2.36. The van der Waals surface area contributed by atoms with Gasteiger partial charge in [0.25, 0.3) is 0 Å². The van der Waals surface area contributed by atoms with Crippen molar-refractivity contribution in [3.05, 3.63) is 42.0 Å². The number of carbonyl (C=O) groups is 1. The normalized spacial score (nSPS) is 23.7. The molecule has 2 saturated heterocycles. The van der Waals surface area contributed by atoms with Gasteiger partial charge in [-0.2, -0.15) is 0 Å². The highest BCUT2D eigenvalue weighted by atomic mass is 19.1. The Kier molecular flexibility index (Phi) is 5.40. The number of benzene rings is 1. The number of tetrazole rings is 1. The molecule has 2 aliphatic heterocycles. The lowest BCUT2D eigenvalue weighted by atomic mass is 9.80. The second-order valence-corrected chi connectivity index (χ2v) is 7.25. The van der Waals surface area contributed by atoms with Crippen molar-refractivity contribution in [3.8, 4) is 0 Å². The third-order valence-corrected chi connectivity index (χ3v) is 5.65.